The van der Waals surface area contributed by atoms with Crippen LogP contribution in [0.5, 0.6) is 11.5 Å². The van der Waals surface area contributed by atoms with E-state index in [-0.39, 0.29) is 18.0 Å². The van der Waals surface area contributed by atoms with E-state index in [4.69, 9.17) is 15.2 Å². The SMILES string of the molecule is COc1c(F)cccc1COc1ccc(F)c(N)c1. The van der Waals surface area contributed by atoms with Crippen LogP contribution in [0.25, 0.3) is 0 Å². The van der Waals surface area contributed by atoms with Crippen LogP contribution in [0.2, 0.25) is 0 Å². The van der Waals surface area contributed by atoms with Crippen LogP contribution in [-0.4, -0.2) is 7.11 Å². The molecule has 0 saturated heterocycles. The summed E-state index contributed by atoms with van der Waals surface area (Å²) in [5.41, 5.74) is 5.99. The van der Waals surface area contributed by atoms with E-state index in [1.807, 2.05) is 0 Å². The van der Waals surface area contributed by atoms with Crippen molar-refractivity contribution in [2.24, 2.45) is 0 Å². The second-order valence-electron chi connectivity index (χ2n) is 3.90. The normalized spacial score (nSPS) is 10.3. The van der Waals surface area contributed by atoms with E-state index in [9.17, 15) is 8.78 Å². The summed E-state index contributed by atoms with van der Waals surface area (Å²) in [5, 5.41) is 0. The van der Waals surface area contributed by atoms with E-state index in [2.05, 4.69) is 0 Å². The summed E-state index contributed by atoms with van der Waals surface area (Å²) in [6, 6.07) is 8.61. The first kappa shape index (κ1) is 13.1. The minimum Gasteiger partial charge on any atom is -0.493 e. The quantitative estimate of drug-likeness (QED) is 0.864. The zero-order valence-electron chi connectivity index (χ0n) is 10.3. The first-order valence-electron chi connectivity index (χ1n) is 5.61. The van der Waals surface area contributed by atoms with Crippen molar-refractivity contribution in [2.45, 2.75) is 6.61 Å². The number of methoxy groups -OCH3 is 1. The first-order valence-corrected chi connectivity index (χ1v) is 5.61. The van der Waals surface area contributed by atoms with Gasteiger partial charge in [0.05, 0.1) is 12.8 Å². The molecule has 3 nitrogen and oxygen atoms in total. The number of benzene rings is 2. The summed E-state index contributed by atoms with van der Waals surface area (Å²) < 4.78 is 36.8. The van der Waals surface area contributed by atoms with Crippen molar-refractivity contribution in [1.82, 2.24) is 0 Å². The Kier molecular flexibility index (Phi) is 3.85. The van der Waals surface area contributed by atoms with E-state index < -0.39 is 11.6 Å². The molecule has 0 bridgehead atoms. The topological polar surface area (TPSA) is 44.5 Å². The van der Waals surface area contributed by atoms with Crippen LogP contribution in [0.3, 0.4) is 0 Å². The molecule has 0 unspecified atom stereocenters. The molecular formula is C14H13F2NO2. The molecule has 0 atom stereocenters. The van der Waals surface area contributed by atoms with Crippen LogP contribution in [0.4, 0.5) is 14.5 Å². The highest BCUT2D eigenvalue weighted by atomic mass is 19.1. The van der Waals surface area contributed by atoms with Gasteiger partial charge >= 0.3 is 0 Å². The number of nitrogen functional groups attached to an aromatic ring is 1. The number of nitrogens with two attached hydrogens (primary N) is 1. The lowest BCUT2D eigenvalue weighted by Gasteiger charge is -2.11. The van der Waals surface area contributed by atoms with Gasteiger partial charge in [0.2, 0.25) is 0 Å². The molecular weight excluding hydrogens is 252 g/mol. The monoisotopic (exact) mass is 265 g/mol. The average molecular weight is 265 g/mol. The smallest absolute Gasteiger partial charge is 0.165 e. The fourth-order valence-electron chi connectivity index (χ4n) is 1.67. The van der Waals surface area contributed by atoms with Crippen molar-refractivity contribution in [3.63, 3.8) is 0 Å². The van der Waals surface area contributed by atoms with Gasteiger partial charge in [0.1, 0.15) is 18.2 Å². The molecule has 0 heterocycles. The predicted octanol–water partition coefficient (Wildman–Crippen LogP) is 3.13. The van der Waals surface area contributed by atoms with Crippen molar-refractivity contribution in [3.8, 4) is 11.5 Å². The number of hydrogen-bond donors (Lipinski definition) is 1. The van der Waals surface area contributed by atoms with Gasteiger partial charge in [-0.05, 0) is 18.2 Å². The average Bonchev–Trinajstić information content (AvgIpc) is 2.40. The molecule has 19 heavy (non-hydrogen) atoms. The largest absolute Gasteiger partial charge is 0.493 e. The van der Waals surface area contributed by atoms with Crippen LogP contribution in [0.1, 0.15) is 5.56 Å². The molecule has 0 saturated carbocycles. The highest BCUT2D eigenvalue weighted by molar-refractivity contribution is 5.45. The van der Waals surface area contributed by atoms with Gasteiger partial charge in [0, 0.05) is 11.6 Å². The molecule has 0 amide bonds. The number of para-hydroxylation sites is 1. The van der Waals surface area contributed by atoms with Gasteiger partial charge in [0.25, 0.3) is 0 Å². The maximum Gasteiger partial charge on any atom is 0.165 e. The molecule has 0 fully saturated rings. The maximum absolute atomic E-state index is 13.4. The summed E-state index contributed by atoms with van der Waals surface area (Å²) >= 11 is 0. The van der Waals surface area contributed by atoms with E-state index in [1.54, 1.807) is 12.1 Å². The number of ether oxygens (including phenoxy) is 2. The van der Waals surface area contributed by atoms with Crippen molar-refractivity contribution in [3.05, 3.63) is 53.6 Å². The third-order valence-electron chi connectivity index (χ3n) is 2.61. The van der Waals surface area contributed by atoms with E-state index in [1.165, 1.54) is 31.4 Å². The molecule has 2 aromatic rings. The molecule has 100 valence electrons. The molecule has 5 heteroatoms. The fraction of sp³-hybridized carbons (Fsp3) is 0.143. The van der Waals surface area contributed by atoms with Gasteiger partial charge < -0.3 is 15.2 Å². The van der Waals surface area contributed by atoms with Crippen molar-refractivity contribution < 1.29 is 18.3 Å². The van der Waals surface area contributed by atoms with Crippen LogP contribution >= 0.6 is 0 Å². The summed E-state index contributed by atoms with van der Waals surface area (Å²) in [5.74, 6) is -0.416. The Balaban J connectivity index is 2.14. The number of anilines is 1. The second kappa shape index (κ2) is 5.56. The zero-order chi connectivity index (χ0) is 13.8. The molecule has 2 aromatic carbocycles. The van der Waals surface area contributed by atoms with E-state index in [0.29, 0.717) is 11.3 Å². The summed E-state index contributed by atoms with van der Waals surface area (Å²) in [6.45, 7) is 0.103. The second-order valence-corrected chi connectivity index (χ2v) is 3.90. The van der Waals surface area contributed by atoms with E-state index in [0.717, 1.165) is 0 Å². The Labute approximate surface area is 109 Å². The Hall–Kier alpha value is -2.30. The lowest BCUT2D eigenvalue weighted by molar-refractivity contribution is 0.292. The number of hydrogen-bond acceptors (Lipinski definition) is 3. The standard InChI is InChI=1S/C14H13F2NO2/c1-18-14-9(3-2-4-12(14)16)8-19-10-5-6-11(15)13(17)7-10/h2-7H,8,17H2,1H3. The zero-order valence-corrected chi connectivity index (χ0v) is 10.3. The van der Waals surface area contributed by atoms with Gasteiger partial charge in [-0.1, -0.05) is 12.1 Å². The molecule has 0 radical (unpaired) electrons. The minimum absolute atomic E-state index is 0.00343. The molecule has 0 spiro atoms. The third-order valence-corrected chi connectivity index (χ3v) is 2.61. The van der Waals surface area contributed by atoms with Gasteiger partial charge in [-0.3, -0.25) is 0 Å². The molecule has 2 N–H and O–H groups in total. The number of rotatable bonds is 4. The van der Waals surface area contributed by atoms with Crippen LogP contribution < -0.4 is 15.2 Å². The van der Waals surface area contributed by atoms with Crippen molar-refractivity contribution in [1.29, 1.82) is 0 Å². The van der Waals surface area contributed by atoms with Gasteiger partial charge in [-0.25, -0.2) is 8.78 Å². The summed E-state index contributed by atoms with van der Waals surface area (Å²) in [4.78, 5) is 0. The lowest BCUT2D eigenvalue weighted by Crippen LogP contribution is -2.01. The van der Waals surface area contributed by atoms with Crippen LogP contribution in [0.15, 0.2) is 36.4 Å². The molecule has 0 aliphatic carbocycles. The Bertz CT molecular complexity index is 588. The summed E-state index contributed by atoms with van der Waals surface area (Å²) in [7, 11) is 1.39. The van der Waals surface area contributed by atoms with Crippen LogP contribution in [-0.2, 0) is 6.61 Å². The molecule has 2 rings (SSSR count). The first-order chi connectivity index (χ1) is 9.11. The Morgan fingerprint density at radius 2 is 1.89 bits per heavy atom. The van der Waals surface area contributed by atoms with Gasteiger partial charge in [-0.15, -0.1) is 0 Å². The lowest BCUT2D eigenvalue weighted by atomic mass is 10.2. The van der Waals surface area contributed by atoms with Crippen molar-refractivity contribution in [2.75, 3.05) is 12.8 Å². The number of halogens is 2. The van der Waals surface area contributed by atoms with Gasteiger partial charge in [0.15, 0.2) is 11.6 Å². The van der Waals surface area contributed by atoms with Gasteiger partial charge in [-0.2, -0.15) is 0 Å². The van der Waals surface area contributed by atoms with Crippen molar-refractivity contribution >= 4 is 5.69 Å². The summed E-state index contributed by atoms with van der Waals surface area (Å²) in [6.07, 6.45) is 0. The highest BCUT2D eigenvalue weighted by Gasteiger charge is 2.09. The Morgan fingerprint density at radius 3 is 2.58 bits per heavy atom. The van der Waals surface area contributed by atoms with Crippen LogP contribution in [0, 0.1) is 11.6 Å². The fourth-order valence-corrected chi connectivity index (χ4v) is 1.67. The molecule has 0 aliphatic rings. The van der Waals surface area contributed by atoms with E-state index >= 15 is 0 Å². The molecule has 0 aliphatic heterocycles. The third kappa shape index (κ3) is 2.93. The highest BCUT2D eigenvalue weighted by Crippen LogP contribution is 2.25. The Morgan fingerprint density at radius 1 is 1.11 bits per heavy atom. The molecule has 0 aromatic heterocycles. The minimum atomic E-state index is -0.504. The maximum atomic E-state index is 13.4. The predicted molar refractivity (Wildman–Crippen MR) is 68.1 cm³/mol.